The molecule has 1 amide bonds. The standard InChI is InChI=1S/C25H26N4O2/c30-23(28-31)20-8-9-21-22(16-20)27-24(26-21)25(17-29-14-4-5-15-29)12-10-19(11-13-25)18-6-2-1-3-7-18/h1-3,6-13,16,19,31H,4-5,14-15,17H2,(H,26,27)(H,28,30). The maximum absolute atomic E-state index is 11.8. The number of aromatic amines is 1. The van der Waals surface area contributed by atoms with Gasteiger partial charge in [-0.3, -0.25) is 10.0 Å². The van der Waals surface area contributed by atoms with Gasteiger partial charge in [0.2, 0.25) is 0 Å². The number of imidazole rings is 1. The lowest BCUT2D eigenvalue weighted by Gasteiger charge is -2.33. The number of rotatable bonds is 5. The van der Waals surface area contributed by atoms with E-state index in [2.05, 4.69) is 58.5 Å². The van der Waals surface area contributed by atoms with Gasteiger partial charge in [-0.25, -0.2) is 10.5 Å². The highest BCUT2D eigenvalue weighted by Crippen LogP contribution is 2.36. The van der Waals surface area contributed by atoms with Gasteiger partial charge < -0.3 is 9.88 Å². The molecule has 1 aliphatic carbocycles. The summed E-state index contributed by atoms with van der Waals surface area (Å²) in [4.78, 5) is 22.6. The quantitative estimate of drug-likeness (QED) is 0.336. The van der Waals surface area contributed by atoms with Crippen molar-refractivity contribution in [3.05, 3.63) is 89.8 Å². The van der Waals surface area contributed by atoms with E-state index < -0.39 is 5.91 Å². The van der Waals surface area contributed by atoms with Gasteiger partial charge >= 0.3 is 0 Å². The summed E-state index contributed by atoms with van der Waals surface area (Å²) < 4.78 is 0. The number of H-pyrrole nitrogens is 1. The number of nitrogens with one attached hydrogen (secondary N) is 2. The second kappa shape index (κ2) is 8.13. The minimum absolute atomic E-state index is 0.247. The van der Waals surface area contributed by atoms with Crippen molar-refractivity contribution in [2.75, 3.05) is 19.6 Å². The van der Waals surface area contributed by atoms with Crippen molar-refractivity contribution in [2.24, 2.45) is 0 Å². The Balaban J connectivity index is 1.52. The molecule has 0 saturated carbocycles. The van der Waals surface area contributed by atoms with Gasteiger partial charge in [-0.05, 0) is 49.7 Å². The predicted molar refractivity (Wildman–Crippen MR) is 120 cm³/mol. The summed E-state index contributed by atoms with van der Waals surface area (Å²) in [6.45, 7) is 3.07. The SMILES string of the molecule is O=C(NO)c1ccc2nc(C3(CN4CCCC4)C=CC(c4ccccc4)C=C3)[nH]c2c1. The van der Waals surface area contributed by atoms with Crippen LogP contribution in [0.25, 0.3) is 11.0 Å². The number of hydroxylamine groups is 1. The summed E-state index contributed by atoms with van der Waals surface area (Å²) >= 11 is 0. The van der Waals surface area contributed by atoms with E-state index in [9.17, 15) is 4.79 Å². The van der Waals surface area contributed by atoms with E-state index in [0.29, 0.717) is 5.56 Å². The molecule has 1 fully saturated rings. The molecular weight excluding hydrogens is 388 g/mol. The van der Waals surface area contributed by atoms with Crippen LogP contribution in [0.2, 0.25) is 0 Å². The van der Waals surface area contributed by atoms with E-state index in [1.54, 1.807) is 17.6 Å². The van der Waals surface area contributed by atoms with E-state index in [0.717, 1.165) is 36.5 Å². The van der Waals surface area contributed by atoms with Crippen molar-refractivity contribution in [2.45, 2.75) is 24.2 Å². The molecule has 2 aliphatic rings. The third-order valence-corrected chi connectivity index (χ3v) is 6.36. The zero-order valence-electron chi connectivity index (χ0n) is 17.3. The highest BCUT2D eigenvalue weighted by molar-refractivity contribution is 5.96. The first-order valence-corrected chi connectivity index (χ1v) is 10.8. The Morgan fingerprint density at radius 2 is 1.87 bits per heavy atom. The van der Waals surface area contributed by atoms with Gasteiger partial charge in [0.15, 0.2) is 0 Å². The molecule has 0 spiro atoms. The molecule has 158 valence electrons. The first kappa shape index (κ1) is 19.7. The Labute approximate surface area is 181 Å². The van der Waals surface area contributed by atoms with Gasteiger partial charge in [-0.15, -0.1) is 0 Å². The molecular formula is C25H26N4O2. The van der Waals surface area contributed by atoms with Gasteiger partial charge in [-0.1, -0.05) is 54.6 Å². The van der Waals surface area contributed by atoms with E-state index in [4.69, 9.17) is 10.2 Å². The number of benzene rings is 2. The zero-order chi connectivity index (χ0) is 21.3. The first-order valence-electron chi connectivity index (χ1n) is 10.8. The molecule has 6 nitrogen and oxygen atoms in total. The fourth-order valence-corrected chi connectivity index (χ4v) is 4.65. The van der Waals surface area contributed by atoms with Crippen LogP contribution in [-0.4, -0.2) is 45.6 Å². The molecule has 5 rings (SSSR count). The number of carbonyl (C=O) groups is 1. The fraction of sp³-hybridized carbons (Fsp3) is 0.280. The lowest BCUT2D eigenvalue weighted by atomic mass is 9.78. The molecule has 31 heavy (non-hydrogen) atoms. The van der Waals surface area contributed by atoms with Crippen LogP contribution in [0.3, 0.4) is 0 Å². The lowest BCUT2D eigenvalue weighted by molar-refractivity contribution is 0.0706. The molecule has 0 atom stereocenters. The highest BCUT2D eigenvalue weighted by atomic mass is 16.5. The number of amides is 1. The minimum atomic E-state index is -0.534. The summed E-state index contributed by atoms with van der Waals surface area (Å²) in [6.07, 6.45) is 11.6. The summed E-state index contributed by atoms with van der Waals surface area (Å²) in [5.74, 6) is 0.583. The monoisotopic (exact) mass is 414 g/mol. The molecule has 1 saturated heterocycles. The molecule has 2 heterocycles. The van der Waals surface area contributed by atoms with Gasteiger partial charge in [0, 0.05) is 18.0 Å². The Hall–Kier alpha value is -3.22. The second-order valence-electron chi connectivity index (χ2n) is 8.44. The van der Waals surface area contributed by atoms with Gasteiger partial charge in [0.1, 0.15) is 5.82 Å². The summed E-state index contributed by atoms with van der Waals surface area (Å²) in [7, 11) is 0. The molecule has 0 unspecified atom stereocenters. The third-order valence-electron chi connectivity index (χ3n) is 6.36. The van der Waals surface area contributed by atoms with Crippen LogP contribution in [0.5, 0.6) is 0 Å². The van der Waals surface area contributed by atoms with Crippen LogP contribution < -0.4 is 5.48 Å². The van der Waals surface area contributed by atoms with Gasteiger partial charge in [-0.2, -0.15) is 0 Å². The second-order valence-corrected chi connectivity index (χ2v) is 8.44. The van der Waals surface area contributed by atoms with Crippen molar-refractivity contribution in [3.63, 3.8) is 0 Å². The minimum Gasteiger partial charge on any atom is -0.341 e. The Morgan fingerprint density at radius 1 is 1.13 bits per heavy atom. The molecule has 0 bridgehead atoms. The van der Waals surface area contributed by atoms with E-state index in [-0.39, 0.29) is 11.3 Å². The number of nitrogens with zero attached hydrogens (tertiary/aromatic N) is 2. The molecule has 2 aromatic carbocycles. The Morgan fingerprint density at radius 3 is 2.58 bits per heavy atom. The Bertz CT molecular complexity index is 1130. The van der Waals surface area contributed by atoms with Crippen molar-refractivity contribution < 1.29 is 10.0 Å². The van der Waals surface area contributed by atoms with Crippen molar-refractivity contribution >= 4 is 16.9 Å². The third kappa shape index (κ3) is 3.80. The molecule has 3 N–H and O–H groups in total. The van der Waals surface area contributed by atoms with Crippen LogP contribution in [0.1, 0.15) is 40.5 Å². The van der Waals surface area contributed by atoms with Crippen LogP contribution >= 0.6 is 0 Å². The number of hydrogen-bond donors (Lipinski definition) is 3. The molecule has 0 radical (unpaired) electrons. The van der Waals surface area contributed by atoms with Crippen LogP contribution in [-0.2, 0) is 5.41 Å². The molecule has 1 aliphatic heterocycles. The number of likely N-dealkylation sites (tertiary alicyclic amines) is 1. The van der Waals surface area contributed by atoms with Crippen molar-refractivity contribution in [3.8, 4) is 0 Å². The molecule has 3 aromatic rings. The summed E-state index contributed by atoms with van der Waals surface area (Å²) in [6, 6.07) is 15.7. The normalized spacial score (nSPS) is 23.5. The maximum Gasteiger partial charge on any atom is 0.274 e. The number of carbonyl (C=O) groups excluding carboxylic acids is 1. The van der Waals surface area contributed by atoms with Gasteiger partial charge in [0.25, 0.3) is 5.91 Å². The zero-order valence-corrected chi connectivity index (χ0v) is 17.3. The first-order chi connectivity index (χ1) is 15.2. The molecule has 6 heteroatoms. The number of aromatic nitrogens is 2. The van der Waals surface area contributed by atoms with E-state index >= 15 is 0 Å². The lowest BCUT2D eigenvalue weighted by Crippen LogP contribution is -2.39. The average molecular weight is 415 g/mol. The highest BCUT2D eigenvalue weighted by Gasteiger charge is 2.35. The predicted octanol–water partition coefficient (Wildman–Crippen LogP) is 3.93. The van der Waals surface area contributed by atoms with Gasteiger partial charge in [0.05, 0.1) is 16.4 Å². The van der Waals surface area contributed by atoms with Crippen molar-refractivity contribution in [1.82, 2.24) is 20.3 Å². The number of allylic oxidation sites excluding steroid dienone is 2. The smallest absolute Gasteiger partial charge is 0.274 e. The largest absolute Gasteiger partial charge is 0.341 e. The van der Waals surface area contributed by atoms with Crippen LogP contribution in [0.15, 0.2) is 72.8 Å². The maximum atomic E-state index is 11.8. The van der Waals surface area contributed by atoms with Crippen molar-refractivity contribution in [1.29, 1.82) is 0 Å². The summed E-state index contributed by atoms with van der Waals surface area (Å²) in [5, 5.41) is 8.94. The Kier molecular flexibility index (Phi) is 5.18. The summed E-state index contributed by atoms with van der Waals surface area (Å²) in [5.41, 5.74) is 4.58. The average Bonchev–Trinajstić information content (AvgIpc) is 3.49. The number of hydrogen-bond acceptors (Lipinski definition) is 4. The van der Waals surface area contributed by atoms with Crippen LogP contribution in [0, 0.1) is 0 Å². The van der Waals surface area contributed by atoms with E-state index in [1.807, 2.05) is 12.1 Å². The molecule has 1 aromatic heterocycles. The fourth-order valence-electron chi connectivity index (χ4n) is 4.65. The van der Waals surface area contributed by atoms with E-state index in [1.165, 1.54) is 18.4 Å². The van der Waals surface area contributed by atoms with Crippen LogP contribution in [0.4, 0.5) is 0 Å². The number of fused-ring (bicyclic) bond motifs is 1. The topological polar surface area (TPSA) is 81.2 Å².